The van der Waals surface area contributed by atoms with Crippen molar-refractivity contribution >= 4 is 27.3 Å². The van der Waals surface area contributed by atoms with Crippen LogP contribution in [0.4, 0.5) is 11.4 Å². The van der Waals surface area contributed by atoms with Crippen LogP contribution in [-0.2, 0) is 14.8 Å². The lowest BCUT2D eigenvalue weighted by atomic mass is 10.2. The molecule has 1 N–H and O–H groups in total. The first kappa shape index (κ1) is 14.6. The second-order valence-electron chi connectivity index (χ2n) is 5.12. The number of nitrogens with zero attached hydrogens (tertiary/aromatic N) is 1. The Kier molecular flexibility index (Phi) is 3.85. The van der Waals surface area contributed by atoms with E-state index in [2.05, 4.69) is 4.72 Å². The Morgan fingerprint density at radius 3 is 2.45 bits per heavy atom. The van der Waals surface area contributed by atoms with Gasteiger partial charge in [-0.05, 0) is 36.8 Å². The number of carbonyl (C=O) groups excluding carboxylic acids is 1. The molecule has 5 nitrogen and oxygen atoms in total. The van der Waals surface area contributed by atoms with Crippen molar-refractivity contribution in [2.24, 2.45) is 0 Å². The van der Waals surface area contributed by atoms with Gasteiger partial charge in [-0.1, -0.05) is 24.3 Å². The van der Waals surface area contributed by atoms with Crippen LogP contribution in [0.15, 0.2) is 59.5 Å². The molecule has 1 amide bonds. The molecule has 0 saturated carbocycles. The average Bonchev–Trinajstić information content (AvgIpc) is 2.94. The summed E-state index contributed by atoms with van der Waals surface area (Å²) in [4.78, 5) is 13.7. The van der Waals surface area contributed by atoms with E-state index in [0.717, 1.165) is 12.1 Å². The van der Waals surface area contributed by atoms with Crippen molar-refractivity contribution < 1.29 is 13.2 Å². The summed E-state index contributed by atoms with van der Waals surface area (Å²) in [5.41, 5.74) is 1.16. The summed E-state index contributed by atoms with van der Waals surface area (Å²) in [6.07, 6.45) is 1.37. The first-order chi connectivity index (χ1) is 10.6. The Labute approximate surface area is 129 Å². The minimum Gasteiger partial charge on any atom is -0.312 e. The van der Waals surface area contributed by atoms with E-state index in [0.29, 0.717) is 18.7 Å². The normalized spacial score (nSPS) is 15.1. The van der Waals surface area contributed by atoms with E-state index in [4.69, 9.17) is 0 Å². The molecule has 1 saturated heterocycles. The van der Waals surface area contributed by atoms with E-state index in [1.165, 1.54) is 12.1 Å². The van der Waals surface area contributed by atoms with E-state index in [1.54, 1.807) is 41.3 Å². The highest BCUT2D eigenvalue weighted by Crippen LogP contribution is 2.25. The van der Waals surface area contributed by atoms with E-state index in [9.17, 15) is 13.2 Å². The molecule has 0 aliphatic carbocycles. The fourth-order valence-electron chi connectivity index (χ4n) is 2.47. The molecule has 3 rings (SSSR count). The number of hydrogen-bond acceptors (Lipinski definition) is 3. The Morgan fingerprint density at radius 1 is 1.00 bits per heavy atom. The predicted molar refractivity (Wildman–Crippen MR) is 85.3 cm³/mol. The van der Waals surface area contributed by atoms with Gasteiger partial charge in [0, 0.05) is 18.7 Å². The van der Waals surface area contributed by atoms with Gasteiger partial charge in [-0.15, -0.1) is 0 Å². The highest BCUT2D eigenvalue weighted by Gasteiger charge is 2.22. The molecule has 1 heterocycles. The summed E-state index contributed by atoms with van der Waals surface area (Å²) in [5.74, 6) is 0.0723. The number of benzene rings is 2. The van der Waals surface area contributed by atoms with Crippen molar-refractivity contribution in [1.82, 2.24) is 0 Å². The number of anilines is 2. The van der Waals surface area contributed by atoms with Crippen LogP contribution in [0.25, 0.3) is 0 Å². The van der Waals surface area contributed by atoms with Gasteiger partial charge < -0.3 is 4.90 Å². The third kappa shape index (κ3) is 2.96. The second-order valence-corrected chi connectivity index (χ2v) is 6.80. The van der Waals surface area contributed by atoms with Crippen molar-refractivity contribution in [2.45, 2.75) is 17.7 Å². The van der Waals surface area contributed by atoms with Crippen molar-refractivity contribution in [1.29, 1.82) is 0 Å². The third-order valence-corrected chi connectivity index (χ3v) is 4.93. The molecule has 2 aromatic carbocycles. The molecule has 1 fully saturated rings. The molecular weight excluding hydrogens is 300 g/mol. The Hall–Kier alpha value is -2.34. The standard InChI is InChI=1S/C16H16N2O3S/c19-16-10-5-11-18(16)14-7-4-6-13(12-14)17-22(20,21)15-8-2-1-3-9-15/h1-4,6-9,12,17H,5,10-11H2. The van der Waals surface area contributed by atoms with Gasteiger partial charge in [0.15, 0.2) is 0 Å². The SMILES string of the molecule is O=C1CCCN1c1cccc(NS(=O)(=O)c2ccccc2)c1. The zero-order chi connectivity index (χ0) is 15.6. The summed E-state index contributed by atoms with van der Waals surface area (Å²) in [6.45, 7) is 0.674. The van der Waals surface area contributed by atoms with Gasteiger partial charge in [0.2, 0.25) is 5.91 Å². The molecule has 0 bridgehead atoms. The highest BCUT2D eigenvalue weighted by atomic mass is 32.2. The second kappa shape index (κ2) is 5.81. The summed E-state index contributed by atoms with van der Waals surface area (Å²) < 4.78 is 27.2. The van der Waals surface area contributed by atoms with Crippen LogP contribution in [0.3, 0.4) is 0 Å². The van der Waals surface area contributed by atoms with Crippen LogP contribution >= 0.6 is 0 Å². The molecule has 114 valence electrons. The smallest absolute Gasteiger partial charge is 0.261 e. The molecule has 2 aromatic rings. The van der Waals surface area contributed by atoms with E-state index in [-0.39, 0.29) is 10.8 Å². The van der Waals surface area contributed by atoms with Gasteiger partial charge in [-0.2, -0.15) is 0 Å². The maximum absolute atomic E-state index is 12.3. The summed E-state index contributed by atoms with van der Waals surface area (Å²) in [7, 11) is -3.62. The van der Waals surface area contributed by atoms with Crippen LogP contribution in [0, 0.1) is 0 Å². The fraction of sp³-hybridized carbons (Fsp3) is 0.188. The Bertz CT molecular complexity index is 788. The molecule has 0 spiro atoms. The zero-order valence-corrected chi connectivity index (χ0v) is 12.7. The largest absolute Gasteiger partial charge is 0.312 e. The number of carbonyl (C=O) groups is 1. The molecule has 22 heavy (non-hydrogen) atoms. The maximum atomic E-state index is 12.3. The molecular formula is C16H16N2O3S. The fourth-order valence-corrected chi connectivity index (χ4v) is 3.54. The number of hydrogen-bond donors (Lipinski definition) is 1. The minimum atomic E-state index is -3.62. The summed E-state index contributed by atoms with van der Waals surface area (Å²) in [5, 5.41) is 0. The molecule has 6 heteroatoms. The highest BCUT2D eigenvalue weighted by molar-refractivity contribution is 7.92. The Balaban J connectivity index is 1.86. The number of sulfonamides is 1. The molecule has 0 atom stereocenters. The molecule has 0 unspecified atom stereocenters. The molecule has 0 aromatic heterocycles. The molecule has 0 radical (unpaired) electrons. The molecule has 1 aliphatic heterocycles. The first-order valence-electron chi connectivity index (χ1n) is 7.04. The van der Waals surface area contributed by atoms with Crippen LogP contribution < -0.4 is 9.62 Å². The van der Waals surface area contributed by atoms with E-state index < -0.39 is 10.0 Å². The van der Waals surface area contributed by atoms with Crippen molar-refractivity contribution in [3.63, 3.8) is 0 Å². The quantitative estimate of drug-likeness (QED) is 0.943. The van der Waals surface area contributed by atoms with Crippen LogP contribution in [0.2, 0.25) is 0 Å². The van der Waals surface area contributed by atoms with Crippen LogP contribution in [-0.4, -0.2) is 20.9 Å². The van der Waals surface area contributed by atoms with Crippen LogP contribution in [0.5, 0.6) is 0 Å². The van der Waals surface area contributed by atoms with Gasteiger partial charge in [0.25, 0.3) is 10.0 Å². The van der Waals surface area contributed by atoms with E-state index >= 15 is 0 Å². The van der Waals surface area contributed by atoms with Gasteiger partial charge in [0.1, 0.15) is 0 Å². The molecule has 1 aliphatic rings. The lowest BCUT2D eigenvalue weighted by Crippen LogP contribution is -2.23. The van der Waals surface area contributed by atoms with Crippen LogP contribution in [0.1, 0.15) is 12.8 Å². The van der Waals surface area contributed by atoms with Gasteiger partial charge >= 0.3 is 0 Å². The van der Waals surface area contributed by atoms with Crippen molar-refractivity contribution in [2.75, 3.05) is 16.2 Å². The number of rotatable bonds is 4. The average molecular weight is 316 g/mol. The maximum Gasteiger partial charge on any atom is 0.261 e. The monoisotopic (exact) mass is 316 g/mol. The Morgan fingerprint density at radius 2 is 1.77 bits per heavy atom. The van der Waals surface area contributed by atoms with Crippen molar-refractivity contribution in [3.05, 3.63) is 54.6 Å². The summed E-state index contributed by atoms with van der Waals surface area (Å²) >= 11 is 0. The van der Waals surface area contributed by atoms with Gasteiger partial charge in [-0.3, -0.25) is 9.52 Å². The topological polar surface area (TPSA) is 66.5 Å². The first-order valence-corrected chi connectivity index (χ1v) is 8.53. The van der Waals surface area contributed by atoms with Crippen molar-refractivity contribution in [3.8, 4) is 0 Å². The number of amides is 1. The third-order valence-electron chi connectivity index (χ3n) is 3.54. The minimum absolute atomic E-state index is 0.0723. The van der Waals surface area contributed by atoms with Gasteiger partial charge in [0.05, 0.1) is 10.6 Å². The lowest BCUT2D eigenvalue weighted by molar-refractivity contribution is -0.117. The number of nitrogens with one attached hydrogen (secondary N) is 1. The predicted octanol–water partition coefficient (Wildman–Crippen LogP) is 2.61. The summed E-state index contributed by atoms with van der Waals surface area (Å²) in [6, 6.07) is 15.1. The lowest BCUT2D eigenvalue weighted by Gasteiger charge is -2.17. The van der Waals surface area contributed by atoms with Gasteiger partial charge in [-0.25, -0.2) is 8.42 Å². The zero-order valence-electron chi connectivity index (χ0n) is 11.9. The van der Waals surface area contributed by atoms with E-state index in [1.807, 2.05) is 6.07 Å².